The van der Waals surface area contributed by atoms with Crippen LogP contribution in [0, 0.1) is 5.82 Å². The second-order valence-electron chi connectivity index (χ2n) is 7.79. The number of hydrogen-bond donors (Lipinski definition) is 0. The van der Waals surface area contributed by atoms with E-state index in [2.05, 4.69) is 52.6 Å². The SMILES string of the molecule is CCCCCc1ccc(-c2ccc(-c3ccc(CCCCP)cc3)c(F)c2)cc1. The van der Waals surface area contributed by atoms with Crippen molar-refractivity contribution in [2.75, 3.05) is 6.16 Å². The zero-order valence-corrected chi connectivity index (χ0v) is 18.6. The lowest BCUT2D eigenvalue weighted by Crippen LogP contribution is -1.90. The van der Waals surface area contributed by atoms with Crippen LogP contribution < -0.4 is 0 Å². The van der Waals surface area contributed by atoms with Crippen LogP contribution in [0.4, 0.5) is 4.39 Å². The molecule has 3 rings (SSSR count). The number of rotatable bonds is 10. The molecule has 0 saturated carbocycles. The van der Waals surface area contributed by atoms with Crippen LogP contribution in [0.3, 0.4) is 0 Å². The number of benzene rings is 3. The molecule has 3 aromatic rings. The Morgan fingerprint density at radius 2 is 1.21 bits per heavy atom. The molecule has 0 amide bonds. The smallest absolute Gasteiger partial charge is 0.131 e. The molecule has 1 atom stereocenters. The molecule has 0 saturated heterocycles. The number of aryl methyl sites for hydroxylation is 2. The molecule has 3 aromatic carbocycles. The van der Waals surface area contributed by atoms with Gasteiger partial charge in [-0.05, 0) is 72.1 Å². The Morgan fingerprint density at radius 1 is 0.655 bits per heavy atom. The third-order valence-electron chi connectivity index (χ3n) is 5.51. The molecule has 0 N–H and O–H groups in total. The van der Waals surface area contributed by atoms with Gasteiger partial charge in [-0.15, -0.1) is 9.24 Å². The summed E-state index contributed by atoms with van der Waals surface area (Å²) in [6, 6.07) is 22.5. The van der Waals surface area contributed by atoms with Gasteiger partial charge in [-0.2, -0.15) is 0 Å². The number of halogens is 1. The third-order valence-corrected chi connectivity index (χ3v) is 5.92. The molecular weight excluding hydrogens is 374 g/mol. The molecule has 152 valence electrons. The Morgan fingerprint density at radius 3 is 1.76 bits per heavy atom. The van der Waals surface area contributed by atoms with Crippen molar-refractivity contribution >= 4 is 9.24 Å². The molecule has 0 aliphatic heterocycles. The van der Waals surface area contributed by atoms with Gasteiger partial charge in [0, 0.05) is 5.56 Å². The maximum absolute atomic E-state index is 14.9. The zero-order valence-electron chi connectivity index (χ0n) is 17.5. The molecule has 1 unspecified atom stereocenters. The van der Waals surface area contributed by atoms with E-state index in [0.717, 1.165) is 35.7 Å². The van der Waals surface area contributed by atoms with Crippen LogP contribution >= 0.6 is 9.24 Å². The highest BCUT2D eigenvalue weighted by Crippen LogP contribution is 2.29. The summed E-state index contributed by atoms with van der Waals surface area (Å²) >= 11 is 0. The third kappa shape index (κ3) is 6.25. The van der Waals surface area contributed by atoms with Crippen LogP contribution in [0.5, 0.6) is 0 Å². The van der Waals surface area contributed by atoms with Crippen LogP contribution in [-0.4, -0.2) is 6.16 Å². The van der Waals surface area contributed by atoms with Crippen LogP contribution in [0.15, 0.2) is 66.7 Å². The normalized spacial score (nSPS) is 11.0. The van der Waals surface area contributed by atoms with E-state index in [1.54, 1.807) is 6.07 Å². The quantitative estimate of drug-likeness (QED) is 0.236. The molecule has 2 heteroatoms. The Balaban J connectivity index is 1.70. The molecule has 0 bridgehead atoms. The Labute approximate surface area is 177 Å². The van der Waals surface area contributed by atoms with Gasteiger partial charge in [-0.25, -0.2) is 4.39 Å². The van der Waals surface area contributed by atoms with Gasteiger partial charge in [0.15, 0.2) is 0 Å². The van der Waals surface area contributed by atoms with Gasteiger partial charge < -0.3 is 0 Å². The molecular formula is C27H32FP. The van der Waals surface area contributed by atoms with E-state index < -0.39 is 0 Å². The van der Waals surface area contributed by atoms with Gasteiger partial charge in [-0.1, -0.05) is 80.4 Å². The van der Waals surface area contributed by atoms with E-state index in [9.17, 15) is 4.39 Å². The molecule has 0 spiro atoms. The summed E-state index contributed by atoms with van der Waals surface area (Å²) in [5, 5.41) is 0. The molecule has 0 heterocycles. The van der Waals surface area contributed by atoms with Gasteiger partial charge in [0.2, 0.25) is 0 Å². The summed E-state index contributed by atoms with van der Waals surface area (Å²) in [7, 11) is 2.78. The second kappa shape index (κ2) is 11.3. The fourth-order valence-electron chi connectivity index (χ4n) is 3.70. The van der Waals surface area contributed by atoms with Crippen molar-refractivity contribution in [3.63, 3.8) is 0 Å². The van der Waals surface area contributed by atoms with E-state index in [-0.39, 0.29) is 5.82 Å². The van der Waals surface area contributed by atoms with Crippen LogP contribution in [0.25, 0.3) is 22.3 Å². The highest BCUT2D eigenvalue weighted by atomic mass is 31.0. The van der Waals surface area contributed by atoms with E-state index in [4.69, 9.17) is 0 Å². The number of hydrogen-bond acceptors (Lipinski definition) is 0. The van der Waals surface area contributed by atoms with Crippen LogP contribution in [0.2, 0.25) is 0 Å². The lowest BCUT2D eigenvalue weighted by atomic mass is 9.97. The summed E-state index contributed by atoms with van der Waals surface area (Å²) in [6.45, 7) is 2.22. The fraction of sp³-hybridized carbons (Fsp3) is 0.333. The van der Waals surface area contributed by atoms with Crippen LogP contribution in [0.1, 0.15) is 50.2 Å². The minimum absolute atomic E-state index is 0.162. The topological polar surface area (TPSA) is 0 Å². The van der Waals surface area contributed by atoms with E-state index in [1.807, 2.05) is 24.3 Å². The highest BCUT2D eigenvalue weighted by molar-refractivity contribution is 7.16. The van der Waals surface area contributed by atoms with Gasteiger partial charge in [0.1, 0.15) is 5.82 Å². The van der Waals surface area contributed by atoms with Crippen molar-refractivity contribution in [1.29, 1.82) is 0 Å². The van der Waals surface area contributed by atoms with Gasteiger partial charge in [-0.3, -0.25) is 0 Å². The van der Waals surface area contributed by atoms with E-state index >= 15 is 0 Å². The maximum atomic E-state index is 14.9. The minimum atomic E-state index is -0.162. The first-order valence-corrected chi connectivity index (χ1v) is 11.7. The summed E-state index contributed by atoms with van der Waals surface area (Å²) < 4.78 is 14.9. The summed E-state index contributed by atoms with van der Waals surface area (Å²) in [5.74, 6) is -0.162. The molecule has 0 aromatic heterocycles. The Bertz CT molecular complexity index is 881. The second-order valence-corrected chi connectivity index (χ2v) is 8.37. The summed E-state index contributed by atoms with van der Waals surface area (Å²) in [6.07, 6.45) is 9.52. The van der Waals surface area contributed by atoms with E-state index in [0.29, 0.717) is 5.56 Å². The van der Waals surface area contributed by atoms with Crippen molar-refractivity contribution in [2.45, 2.75) is 51.9 Å². The predicted octanol–water partition coefficient (Wildman–Crippen LogP) is 8.09. The lowest BCUT2D eigenvalue weighted by Gasteiger charge is -2.09. The monoisotopic (exact) mass is 406 g/mol. The van der Waals surface area contributed by atoms with E-state index in [1.165, 1.54) is 43.2 Å². The van der Waals surface area contributed by atoms with Gasteiger partial charge in [0.05, 0.1) is 0 Å². The van der Waals surface area contributed by atoms with Crippen molar-refractivity contribution in [3.05, 3.63) is 83.7 Å². The van der Waals surface area contributed by atoms with Crippen LogP contribution in [-0.2, 0) is 12.8 Å². The number of unbranched alkanes of at least 4 members (excludes halogenated alkanes) is 3. The standard InChI is InChI=1S/C27H32FP/c1-2-3-4-7-21-9-13-23(14-10-21)25-17-18-26(27(28)20-25)24-15-11-22(12-16-24)8-5-6-19-29/h9-18,20H,2-8,19,29H2,1H3. The van der Waals surface area contributed by atoms with Crippen molar-refractivity contribution in [3.8, 4) is 22.3 Å². The minimum Gasteiger partial charge on any atom is -0.206 e. The lowest BCUT2D eigenvalue weighted by molar-refractivity contribution is 0.632. The zero-order chi connectivity index (χ0) is 20.5. The highest BCUT2D eigenvalue weighted by Gasteiger charge is 2.08. The molecule has 0 aliphatic rings. The molecule has 29 heavy (non-hydrogen) atoms. The van der Waals surface area contributed by atoms with Crippen molar-refractivity contribution < 1.29 is 4.39 Å². The molecule has 0 radical (unpaired) electrons. The molecule has 0 aliphatic carbocycles. The van der Waals surface area contributed by atoms with Gasteiger partial charge >= 0.3 is 0 Å². The summed E-state index contributed by atoms with van der Waals surface area (Å²) in [5.41, 5.74) is 6.29. The fourth-order valence-corrected chi connectivity index (χ4v) is 3.98. The van der Waals surface area contributed by atoms with Crippen molar-refractivity contribution in [1.82, 2.24) is 0 Å². The predicted molar refractivity (Wildman–Crippen MR) is 128 cm³/mol. The van der Waals surface area contributed by atoms with Gasteiger partial charge in [0.25, 0.3) is 0 Å². The largest absolute Gasteiger partial charge is 0.206 e. The maximum Gasteiger partial charge on any atom is 0.131 e. The van der Waals surface area contributed by atoms with Crippen molar-refractivity contribution in [2.24, 2.45) is 0 Å². The first kappa shape index (κ1) is 21.7. The summed E-state index contributed by atoms with van der Waals surface area (Å²) in [4.78, 5) is 0. The average molecular weight is 407 g/mol. The average Bonchev–Trinajstić information content (AvgIpc) is 2.75. The Hall–Kier alpha value is -1.98. The first-order valence-electron chi connectivity index (χ1n) is 10.9. The first-order chi connectivity index (χ1) is 14.2. The molecule has 0 nitrogen and oxygen atoms in total. The Kier molecular flexibility index (Phi) is 8.44. The molecule has 0 fully saturated rings.